The largest absolute Gasteiger partial charge is 0.490 e. The maximum Gasteiger partial charge on any atom is 0.490 e. The van der Waals surface area contributed by atoms with E-state index < -0.39 is 59.7 Å². The summed E-state index contributed by atoms with van der Waals surface area (Å²) < 4.78 is 53.8. The number of H-pyrrole nitrogens is 1. The summed E-state index contributed by atoms with van der Waals surface area (Å²) in [6.07, 6.45) is 0.833. The molecule has 9 N–H and O–H groups in total. The fourth-order valence-corrected chi connectivity index (χ4v) is 7.19. The van der Waals surface area contributed by atoms with Gasteiger partial charge in [-0.15, -0.1) is 0 Å². The Morgan fingerprint density at radius 3 is 2.43 bits per heavy atom. The van der Waals surface area contributed by atoms with E-state index in [1.165, 1.54) is 4.57 Å². The summed E-state index contributed by atoms with van der Waals surface area (Å²) in [5.41, 5.74) is 4.77. The van der Waals surface area contributed by atoms with Crippen molar-refractivity contribution in [1.29, 1.82) is 0 Å². The normalized spacial score (nSPS) is 26.2. The Labute approximate surface area is 238 Å². The molecule has 0 aromatic carbocycles. The number of aromatic amines is 1. The smallest absolute Gasteiger partial charge is 0.387 e. The second-order valence-electron chi connectivity index (χ2n) is 9.64. The minimum atomic E-state index is -5.79. The van der Waals surface area contributed by atoms with Gasteiger partial charge in [0, 0.05) is 6.42 Å². The Morgan fingerprint density at radius 2 is 1.81 bits per heavy atom. The first-order chi connectivity index (χ1) is 19.3. The van der Waals surface area contributed by atoms with Gasteiger partial charge in [0.05, 0.1) is 12.9 Å². The van der Waals surface area contributed by atoms with Gasteiger partial charge < -0.3 is 40.3 Å². The van der Waals surface area contributed by atoms with E-state index >= 15 is 0 Å². The van der Waals surface area contributed by atoms with E-state index in [0.717, 1.165) is 17.5 Å². The molecule has 22 heteroatoms. The number of hydrogen-bond acceptors (Lipinski definition) is 13. The Morgan fingerprint density at radius 1 is 1.14 bits per heavy atom. The Bertz CT molecular complexity index is 1560. The maximum absolute atomic E-state index is 12.4. The third kappa shape index (κ3) is 8.51. The summed E-state index contributed by atoms with van der Waals surface area (Å²) in [4.78, 5) is 59.3. The summed E-state index contributed by atoms with van der Waals surface area (Å²) in [6.45, 7) is 4.68. The van der Waals surface area contributed by atoms with E-state index in [-0.39, 0.29) is 23.5 Å². The van der Waals surface area contributed by atoms with E-state index in [1.807, 2.05) is 26.8 Å². The molecule has 0 amide bonds. The summed E-state index contributed by atoms with van der Waals surface area (Å²) in [5.74, 6) is -0.282. The van der Waals surface area contributed by atoms with E-state index in [4.69, 9.17) is 20.3 Å². The third-order valence-corrected chi connectivity index (χ3v) is 9.81. The van der Waals surface area contributed by atoms with Crippen LogP contribution < -0.4 is 11.3 Å². The van der Waals surface area contributed by atoms with Crippen molar-refractivity contribution in [1.82, 2.24) is 19.5 Å². The van der Waals surface area contributed by atoms with Crippen LogP contribution in [0.5, 0.6) is 0 Å². The lowest BCUT2D eigenvalue weighted by molar-refractivity contribution is -0.142. The van der Waals surface area contributed by atoms with Gasteiger partial charge in [0.1, 0.15) is 18.3 Å². The SMILES string of the molecule is CC(C)=CCC/C(C)=C/C[C@@]1(n2cnc3c(=O)[nH]c(N)nc32)O[C@H](COP(=O)(O)OP(=O)(O)OP(=O)(O)O)[C@@H](O)[C@H]1O. The van der Waals surface area contributed by atoms with E-state index in [0.29, 0.717) is 12.8 Å². The van der Waals surface area contributed by atoms with Gasteiger partial charge in [0.25, 0.3) is 5.56 Å². The molecule has 3 heterocycles. The fraction of sp³-hybridized carbons (Fsp3) is 0.550. The zero-order chi connectivity index (χ0) is 31.7. The Kier molecular flexibility index (Phi) is 10.6. The van der Waals surface area contributed by atoms with Crippen molar-refractivity contribution in [3.05, 3.63) is 40.0 Å². The van der Waals surface area contributed by atoms with Gasteiger partial charge in [-0.3, -0.25) is 18.9 Å². The molecule has 19 nitrogen and oxygen atoms in total. The average Bonchev–Trinajstić information content (AvgIpc) is 3.34. The number of nitrogens with zero attached hydrogens (tertiary/aromatic N) is 3. The van der Waals surface area contributed by atoms with Gasteiger partial charge in [0.2, 0.25) is 5.95 Å². The molecule has 0 radical (unpaired) electrons. The van der Waals surface area contributed by atoms with Crippen LogP contribution in [0.3, 0.4) is 0 Å². The summed E-state index contributed by atoms with van der Waals surface area (Å²) in [7, 11) is -17.0. The molecule has 1 aliphatic heterocycles. The van der Waals surface area contributed by atoms with Crippen molar-refractivity contribution in [2.45, 2.75) is 64.1 Å². The van der Waals surface area contributed by atoms with E-state index in [2.05, 4.69) is 28.1 Å². The second-order valence-corrected chi connectivity index (χ2v) is 14.1. The molecule has 2 unspecified atom stereocenters. The molecule has 0 bridgehead atoms. The first kappa shape index (κ1) is 34.4. The van der Waals surface area contributed by atoms with Gasteiger partial charge >= 0.3 is 23.5 Å². The van der Waals surface area contributed by atoms with Crippen LogP contribution in [0.25, 0.3) is 11.2 Å². The molecule has 1 aliphatic rings. The van der Waals surface area contributed by atoms with Crippen LogP contribution in [0.15, 0.2) is 34.4 Å². The lowest BCUT2D eigenvalue weighted by Crippen LogP contribution is -2.45. The Hall–Kier alpha value is -2.08. The van der Waals surface area contributed by atoms with Crippen LogP contribution in [-0.4, -0.2) is 74.2 Å². The number of nitrogens with two attached hydrogens (primary N) is 1. The molecule has 0 saturated carbocycles. The number of phosphoric acid groups is 3. The van der Waals surface area contributed by atoms with Crippen molar-refractivity contribution < 1.29 is 61.4 Å². The average molecular weight is 659 g/mol. The highest BCUT2D eigenvalue weighted by atomic mass is 31.3. The van der Waals surface area contributed by atoms with Gasteiger partial charge in [-0.25, -0.2) is 18.7 Å². The molecule has 2 aromatic heterocycles. The van der Waals surface area contributed by atoms with Gasteiger partial charge in [-0.2, -0.15) is 13.6 Å². The fourth-order valence-electron chi connectivity index (χ4n) is 4.16. The minimum Gasteiger partial charge on any atom is -0.387 e. The van der Waals surface area contributed by atoms with Crippen molar-refractivity contribution >= 4 is 40.6 Å². The predicted molar refractivity (Wildman–Crippen MR) is 144 cm³/mol. The number of aliphatic hydroxyl groups excluding tert-OH is 2. The number of nitrogens with one attached hydrogen (secondary N) is 1. The van der Waals surface area contributed by atoms with Crippen LogP contribution in [0.2, 0.25) is 0 Å². The van der Waals surface area contributed by atoms with Crippen molar-refractivity contribution in [3.63, 3.8) is 0 Å². The molecule has 0 aliphatic carbocycles. The highest BCUT2D eigenvalue weighted by Crippen LogP contribution is 2.66. The number of allylic oxidation sites excluding steroid dienone is 3. The summed E-state index contributed by atoms with van der Waals surface area (Å²) in [6, 6.07) is 0. The summed E-state index contributed by atoms with van der Waals surface area (Å²) >= 11 is 0. The van der Waals surface area contributed by atoms with E-state index in [1.54, 1.807) is 6.08 Å². The number of imidazole rings is 1. The second kappa shape index (κ2) is 12.9. The maximum atomic E-state index is 12.4. The molecule has 236 valence electrons. The Balaban J connectivity index is 1.94. The van der Waals surface area contributed by atoms with Crippen LogP contribution >= 0.6 is 23.5 Å². The quantitative estimate of drug-likeness (QED) is 0.109. The zero-order valence-electron chi connectivity index (χ0n) is 22.5. The molecular formula is C20H32N5O14P3. The predicted octanol–water partition coefficient (Wildman–Crippen LogP) is 0.901. The number of fused-ring (bicyclic) bond motifs is 1. The van der Waals surface area contributed by atoms with Crippen LogP contribution in [0.1, 0.15) is 40.0 Å². The van der Waals surface area contributed by atoms with Gasteiger partial charge in [-0.05, 0) is 33.6 Å². The molecule has 3 rings (SSSR count). The zero-order valence-corrected chi connectivity index (χ0v) is 25.2. The molecule has 0 spiro atoms. The number of aliphatic hydroxyl groups is 2. The molecular weight excluding hydrogens is 627 g/mol. The number of rotatable bonds is 13. The highest BCUT2D eigenvalue weighted by molar-refractivity contribution is 7.66. The summed E-state index contributed by atoms with van der Waals surface area (Å²) in [5, 5.41) is 22.1. The molecule has 1 fully saturated rings. The van der Waals surface area contributed by atoms with Gasteiger partial charge in [-0.1, -0.05) is 23.3 Å². The molecule has 1 saturated heterocycles. The third-order valence-electron chi connectivity index (χ3n) is 6.01. The number of ether oxygens (including phenoxy) is 1. The van der Waals surface area contributed by atoms with Crippen molar-refractivity contribution in [2.24, 2.45) is 0 Å². The first-order valence-electron chi connectivity index (χ1n) is 12.1. The van der Waals surface area contributed by atoms with Crippen molar-refractivity contribution in [2.75, 3.05) is 12.3 Å². The first-order valence-corrected chi connectivity index (χ1v) is 16.6. The topological polar surface area (TPSA) is 299 Å². The number of phosphoric ester groups is 1. The number of nitrogen functional groups attached to an aromatic ring is 1. The lowest BCUT2D eigenvalue weighted by atomic mass is 9.97. The van der Waals surface area contributed by atoms with Crippen LogP contribution in [0, 0.1) is 0 Å². The van der Waals surface area contributed by atoms with Gasteiger partial charge in [0.15, 0.2) is 16.9 Å². The van der Waals surface area contributed by atoms with E-state index in [9.17, 15) is 38.5 Å². The van der Waals surface area contributed by atoms with Crippen LogP contribution in [0.4, 0.5) is 5.95 Å². The lowest BCUT2D eigenvalue weighted by Gasteiger charge is -2.33. The van der Waals surface area contributed by atoms with Crippen LogP contribution in [-0.2, 0) is 37.3 Å². The monoisotopic (exact) mass is 659 g/mol. The standard InChI is InChI=1S/C20H32N5O14P3/c1-11(2)5-4-6-12(3)7-8-20(25-10-22-14-17(25)23-19(21)24-18(14)28)16(27)15(26)13(37-20)9-36-41(32,33)39-42(34,35)38-40(29,30)31/h5,7,10,13,15-16,26-27H,4,6,8-9H2,1-3H3,(H,32,33)(H,34,35)(H2,29,30,31)(H3,21,23,24,28)/b12-7+/t13-,15-,16-,20-/m1/s1. The number of hydrogen-bond donors (Lipinski definition) is 8. The molecule has 42 heavy (non-hydrogen) atoms. The number of anilines is 1. The van der Waals surface area contributed by atoms with Crippen molar-refractivity contribution in [3.8, 4) is 0 Å². The minimum absolute atomic E-state index is 0.119. The number of aromatic nitrogens is 4. The highest BCUT2D eigenvalue weighted by Gasteiger charge is 2.56. The molecule has 2 aromatic rings. The molecule has 6 atom stereocenters.